The van der Waals surface area contributed by atoms with Gasteiger partial charge in [0.05, 0.1) is 20.9 Å². The number of carbonyl (C=O) groups excluding carboxylic acids is 1. The molecule has 1 aromatic carbocycles. The number of thiazole rings is 1. The molecule has 130 valence electrons. The van der Waals surface area contributed by atoms with Crippen LogP contribution in [0.3, 0.4) is 0 Å². The average Bonchev–Trinajstić information content (AvgIpc) is 3.24. The number of nitrogens with one attached hydrogen (secondary N) is 2. The number of fused-ring (bicyclic) bond motifs is 1. The highest BCUT2D eigenvalue weighted by Crippen LogP contribution is 2.26. The molecule has 0 unspecified atom stereocenters. The topological polar surface area (TPSA) is 83.6 Å². The van der Waals surface area contributed by atoms with Gasteiger partial charge in [-0.05, 0) is 31.2 Å². The third-order valence-electron chi connectivity index (χ3n) is 4.13. The molecule has 0 spiro atoms. The molecule has 1 amide bonds. The number of para-hydroxylation sites is 1. The first-order chi connectivity index (χ1) is 12.7. The predicted octanol–water partition coefficient (Wildman–Crippen LogP) is 3.96. The Morgan fingerprint density at radius 1 is 1.19 bits per heavy atom. The van der Waals surface area contributed by atoms with Crippen molar-refractivity contribution in [2.24, 2.45) is 0 Å². The molecule has 0 bridgehead atoms. The molecule has 4 aromatic rings. The summed E-state index contributed by atoms with van der Waals surface area (Å²) in [4.78, 5) is 20.9. The van der Waals surface area contributed by atoms with Gasteiger partial charge >= 0.3 is 0 Å². The number of amides is 1. The quantitative estimate of drug-likeness (QED) is 0.562. The molecule has 0 saturated heterocycles. The zero-order chi connectivity index (χ0) is 17.9. The van der Waals surface area contributed by atoms with Crippen LogP contribution in [-0.4, -0.2) is 26.1 Å². The van der Waals surface area contributed by atoms with Crippen LogP contribution >= 0.6 is 11.3 Å². The Morgan fingerprint density at radius 3 is 2.81 bits per heavy atom. The van der Waals surface area contributed by atoms with Crippen LogP contribution < -0.4 is 5.32 Å². The van der Waals surface area contributed by atoms with Crippen molar-refractivity contribution in [3.8, 4) is 11.3 Å². The van der Waals surface area contributed by atoms with Crippen molar-refractivity contribution < 1.29 is 4.79 Å². The number of rotatable bonds is 5. The summed E-state index contributed by atoms with van der Waals surface area (Å²) in [5.41, 5.74) is 3.67. The number of nitrogens with zero attached hydrogens (tertiary/aromatic N) is 3. The van der Waals surface area contributed by atoms with Crippen LogP contribution in [0.15, 0.2) is 48.8 Å². The summed E-state index contributed by atoms with van der Waals surface area (Å²) in [5.74, 6) is 0.573. The number of aromatic amines is 1. The van der Waals surface area contributed by atoms with E-state index in [9.17, 15) is 4.79 Å². The minimum absolute atomic E-state index is 0.0581. The lowest BCUT2D eigenvalue weighted by Gasteiger charge is -2.03. The van der Waals surface area contributed by atoms with E-state index in [-0.39, 0.29) is 5.91 Å². The molecule has 0 radical (unpaired) electrons. The van der Waals surface area contributed by atoms with E-state index >= 15 is 0 Å². The summed E-state index contributed by atoms with van der Waals surface area (Å²) in [7, 11) is 0. The summed E-state index contributed by atoms with van der Waals surface area (Å²) in [6.07, 6.45) is 4.44. The second-order valence-electron chi connectivity index (χ2n) is 5.93. The largest absolute Gasteiger partial charge is 0.311 e. The molecule has 6 nitrogen and oxygen atoms in total. The van der Waals surface area contributed by atoms with E-state index in [1.165, 1.54) is 0 Å². The van der Waals surface area contributed by atoms with E-state index in [2.05, 4.69) is 25.5 Å². The highest BCUT2D eigenvalue weighted by Gasteiger charge is 2.13. The molecule has 26 heavy (non-hydrogen) atoms. The molecule has 0 saturated carbocycles. The minimum atomic E-state index is -0.0581. The van der Waals surface area contributed by atoms with Crippen molar-refractivity contribution in [2.45, 2.75) is 19.8 Å². The van der Waals surface area contributed by atoms with Gasteiger partial charge < -0.3 is 5.32 Å². The van der Waals surface area contributed by atoms with Gasteiger partial charge in [0.15, 0.2) is 0 Å². The minimum Gasteiger partial charge on any atom is -0.311 e. The number of carbonyl (C=O) groups is 1. The van der Waals surface area contributed by atoms with E-state index in [0.29, 0.717) is 18.7 Å². The van der Waals surface area contributed by atoms with Gasteiger partial charge in [0, 0.05) is 36.4 Å². The summed E-state index contributed by atoms with van der Waals surface area (Å²) >= 11 is 1.63. The Kier molecular flexibility index (Phi) is 4.45. The molecule has 0 aliphatic heterocycles. The van der Waals surface area contributed by atoms with Gasteiger partial charge in [-0.3, -0.25) is 14.9 Å². The van der Waals surface area contributed by atoms with E-state index in [4.69, 9.17) is 0 Å². The first-order valence-corrected chi connectivity index (χ1v) is 9.12. The van der Waals surface area contributed by atoms with Gasteiger partial charge in [0.2, 0.25) is 5.91 Å². The molecule has 0 aliphatic rings. The lowest BCUT2D eigenvalue weighted by atomic mass is 10.1. The van der Waals surface area contributed by atoms with E-state index in [1.807, 2.05) is 43.3 Å². The molecule has 0 aliphatic carbocycles. The molecule has 0 atom stereocenters. The van der Waals surface area contributed by atoms with E-state index in [0.717, 1.165) is 32.0 Å². The third kappa shape index (κ3) is 3.34. The molecule has 4 rings (SSSR count). The summed E-state index contributed by atoms with van der Waals surface area (Å²) < 4.78 is 1.15. The number of anilines is 1. The van der Waals surface area contributed by atoms with Crippen molar-refractivity contribution in [1.29, 1.82) is 0 Å². The number of benzene rings is 1. The van der Waals surface area contributed by atoms with Crippen LogP contribution in [0, 0.1) is 6.92 Å². The van der Waals surface area contributed by atoms with Crippen molar-refractivity contribution in [3.05, 3.63) is 59.4 Å². The summed E-state index contributed by atoms with van der Waals surface area (Å²) in [6.45, 7) is 1.93. The lowest BCUT2D eigenvalue weighted by Crippen LogP contribution is -2.13. The fourth-order valence-electron chi connectivity index (χ4n) is 2.76. The van der Waals surface area contributed by atoms with Gasteiger partial charge in [-0.1, -0.05) is 12.1 Å². The standard InChI is InChI=1S/C19H17N5OS/c1-12-18(13-8-10-20-11-9-13)23-24-19(12)22-16(25)6-7-17-21-14-4-2-3-5-15(14)26-17/h2-5,8-11H,6-7H2,1H3,(H2,22,23,24,25). The average molecular weight is 363 g/mol. The Labute approximate surface area is 154 Å². The lowest BCUT2D eigenvalue weighted by molar-refractivity contribution is -0.116. The van der Waals surface area contributed by atoms with Crippen LogP contribution in [0.25, 0.3) is 21.5 Å². The summed E-state index contributed by atoms with van der Waals surface area (Å²) in [5, 5.41) is 11.1. The second-order valence-corrected chi connectivity index (χ2v) is 7.05. The number of aryl methyl sites for hydroxylation is 1. The summed E-state index contributed by atoms with van der Waals surface area (Å²) in [6, 6.07) is 11.8. The molecular weight excluding hydrogens is 346 g/mol. The molecule has 0 fully saturated rings. The Hall–Kier alpha value is -3.06. The predicted molar refractivity (Wildman–Crippen MR) is 103 cm³/mol. The SMILES string of the molecule is Cc1c(-c2ccncc2)n[nH]c1NC(=O)CCc1nc2ccccc2s1. The molecular formula is C19H17N5OS. The Bertz CT molecular complexity index is 1020. The maximum Gasteiger partial charge on any atom is 0.225 e. The van der Waals surface area contributed by atoms with Gasteiger partial charge in [-0.2, -0.15) is 5.10 Å². The Balaban J connectivity index is 1.41. The second kappa shape index (κ2) is 7.05. The number of aromatic nitrogens is 4. The van der Waals surface area contributed by atoms with Crippen LogP contribution in [0.1, 0.15) is 17.0 Å². The monoisotopic (exact) mass is 363 g/mol. The normalized spacial score (nSPS) is 11.0. The number of pyridine rings is 1. The first-order valence-electron chi connectivity index (χ1n) is 8.30. The molecule has 2 N–H and O–H groups in total. The fourth-order valence-corrected chi connectivity index (χ4v) is 3.73. The van der Waals surface area contributed by atoms with Crippen LogP contribution in [0.2, 0.25) is 0 Å². The zero-order valence-corrected chi connectivity index (χ0v) is 15.0. The van der Waals surface area contributed by atoms with Crippen molar-refractivity contribution >= 4 is 33.3 Å². The van der Waals surface area contributed by atoms with Gasteiger partial charge in [0.1, 0.15) is 5.82 Å². The number of hydrogen-bond acceptors (Lipinski definition) is 5. The van der Waals surface area contributed by atoms with Gasteiger partial charge in [-0.25, -0.2) is 4.98 Å². The number of H-pyrrole nitrogens is 1. The number of hydrogen-bond donors (Lipinski definition) is 2. The third-order valence-corrected chi connectivity index (χ3v) is 5.23. The Morgan fingerprint density at radius 2 is 2.00 bits per heavy atom. The highest BCUT2D eigenvalue weighted by atomic mass is 32.1. The first kappa shape index (κ1) is 16.4. The van der Waals surface area contributed by atoms with Crippen LogP contribution in [0.4, 0.5) is 5.82 Å². The molecule has 3 aromatic heterocycles. The van der Waals surface area contributed by atoms with Crippen LogP contribution in [0.5, 0.6) is 0 Å². The highest BCUT2D eigenvalue weighted by molar-refractivity contribution is 7.18. The fraction of sp³-hybridized carbons (Fsp3) is 0.158. The van der Waals surface area contributed by atoms with E-state index < -0.39 is 0 Å². The van der Waals surface area contributed by atoms with Crippen molar-refractivity contribution in [3.63, 3.8) is 0 Å². The molecule has 3 heterocycles. The molecule has 7 heteroatoms. The maximum absolute atomic E-state index is 12.3. The van der Waals surface area contributed by atoms with Gasteiger partial charge in [0.25, 0.3) is 0 Å². The van der Waals surface area contributed by atoms with Crippen molar-refractivity contribution in [1.82, 2.24) is 20.2 Å². The van der Waals surface area contributed by atoms with Crippen molar-refractivity contribution in [2.75, 3.05) is 5.32 Å². The maximum atomic E-state index is 12.3. The smallest absolute Gasteiger partial charge is 0.225 e. The van der Waals surface area contributed by atoms with Gasteiger partial charge in [-0.15, -0.1) is 11.3 Å². The van der Waals surface area contributed by atoms with Crippen LogP contribution in [-0.2, 0) is 11.2 Å². The zero-order valence-electron chi connectivity index (χ0n) is 14.2. The van der Waals surface area contributed by atoms with E-state index in [1.54, 1.807) is 23.7 Å².